The Kier molecular flexibility index (Phi) is 7.79. The molecule has 0 aliphatic carbocycles. The Morgan fingerprint density at radius 2 is 2.00 bits per heavy atom. The minimum absolute atomic E-state index is 0.590. The molecule has 1 aromatic heterocycles. The molecule has 4 nitrogen and oxygen atoms in total. The van der Waals surface area contributed by atoms with Gasteiger partial charge in [-0.05, 0) is 32.4 Å². The largest absolute Gasteiger partial charge is 0.465 e. The summed E-state index contributed by atoms with van der Waals surface area (Å²) in [5.41, 5.74) is 1.12. The second kappa shape index (κ2) is 9.13. The number of nitrogens with one attached hydrogen (secondary N) is 1. The zero-order valence-electron chi connectivity index (χ0n) is 12.6. The minimum Gasteiger partial charge on any atom is -0.465 e. The number of rotatable bonds is 10. The molecule has 19 heavy (non-hydrogen) atoms. The summed E-state index contributed by atoms with van der Waals surface area (Å²) < 4.78 is 16.5. The molecule has 4 heteroatoms. The van der Waals surface area contributed by atoms with Gasteiger partial charge < -0.3 is 19.2 Å². The molecule has 0 atom stereocenters. The highest BCUT2D eigenvalue weighted by Gasteiger charge is 2.07. The average molecular weight is 269 g/mol. The molecule has 0 saturated heterocycles. The molecule has 1 rings (SSSR count). The van der Waals surface area contributed by atoms with E-state index in [-0.39, 0.29) is 0 Å². The third kappa shape index (κ3) is 6.76. The fraction of sp³-hybridized carbons (Fsp3) is 0.733. The van der Waals surface area contributed by atoms with Crippen molar-refractivity contribution in [2.45, 2.75) is 40.8 Å². The molecule has 0 aliphatic rings. The quantitative estimate of drug-likeness (QED) is 0.663. The van der Waals surface area contributed by atoms with E-state index in [2.05, 4.69) is 25.2 Å². The summed E-state index contributed by atoms with van der Waals surface area (Å²) in [4.78, 5) is 0. The van der Waals surface area contributed by atoms with Crippen molar-refractivity contribution in [2.24, 2.45) is 5.92 Å². The fourth-order valence-electron chi connectivity index (χ4n) is 1.75. The van der Waals surface area contributed by atoms with Crippen LogP contribution in [0.2, 0.25) is 0 Å². The zero-order chi connectivity index (χ0) is 14.1. The van der Waals surface area contributed by atoms with Gasteiger partial charge in [0.15, 0.2) is 0 Å². The van der Waals surface area contributed by atoms with Gasteiger partial charge in [-0.2, -0.15) is 0 Å². The van der Waals surface area contributed by atoms with Crippen LogP contribution in [0.15, 0.2) is 10.5 Å². The van der Waals surface area contributed by atoms with E-state index in [1.807, 2.05) is 13.8 Å². The van der Waals surface area contributed by atoms with E-state index in [0.29, 0.717) is 25.7 Å². The number of ether oxygens (including phenoxy) is 2. The average Bonchev–Trinajstić information content (AvgIpc) is 2.69. The molecular weight excluding hydrogens is 242 g/mol. The SMILES string of the molecule is CCOCCOCc1cc(CNCC(C)C)oc1C. The Hall–Kier alpha value is -0.840. The first-order valence-corrected chi connectivity index (χ1v) is 7.07. The van der Waals surface area contributed by atoms with Gasteiger partial charge >= 0.3 is 0 Å². The van der Waals surface area contributed by atoms with E-state index in [1.54, 1.807) is 0 Å². The molecule has 0 fully saturated rings. The minimum atomic E-state index is 0.590. The van der Waals surface area contributed by atoms with Crippen molar-refractivity contribution in [1.29, 1.82) is 0 Å². The molecule has 1 heterocycles. The van der Waals surface area contributed by atoms with Crippen molar-refractivity contribution in [3.05, 3.63) is 23.2 Å². The van der Waals surface area contributed by atoms with E-state index in [9.17, 15) is 0 Å². The number of furan rings is 1. The second-order valence-electron chi connectivity index (χ2n) is 5.07. The predicted octanol–water partition coefficient (Wildman–Crippen LogP) is 2.89. The number of hydrogen-bond donors (Lipinski definition) is 1. The van der Waals surface area contributed by atoms with Crippen LogP contribution in [0.1, 0.15) is 37.9 Å². The smallest absolute Gasteiger partial charge is 0.118 e. The molecule has 0 aromatic carbocycles. The number of hydrogen-bond acceptors (Lipinski definition) is 4. The van der Waals surface area contributed by atoms with Crippen molar-refractivity contribution in [3.63, 3.8) is 0 Å². The topological polar surface area (TPSA) is 43.6 Å². The standard InChI is InChI=1S/C15H27NO3/c1-5-17-6-7-18-11-14-8-15(19-13(14)4)10-16-9-12(2)3/h8,12,16H,5-7,9-11H2,1-4H3. The molecule has 0 bridgehead atoms. The lowest BCUT2D eigenvalue weighted by Gasteiger charge is -2.04. The molecule has 1 N–H and O–H groups in total. The molecular formula is C15H27NO3. The maximum Gasteiger partial charge on any atom is 0.118 e. The Morgan fingerprint density at radius 3 is 2.68 bits per heavy atom. The Labute approximate surface area is 116 Å². The summed E-state index contributed by atoms with van der Waals surface area (Å²) in [6.45, 7) is 12.7. The van der Waals surface area contributed by atoms with Crippen LogP contribution in [0.4, 0.5) is 0 Å². The molecule has 0 unspecified atom stereocenters. The monoisotopic (exact) mass is 269 g/mol. The molecule has 0 saturated carbocycles. The van der Waals surface area contributed by atoms with Crippen molar-refractivity contribution in [3.8, 4) is 0 Å². The van der Waals surface area contributed by atoms with E-state index in [0.717, 1.165) is 36.8 Å². The summed E-state index contributed by atoms with van der Waals surface area (Å²) in [5.74, 6) is 2.57. The van der Waals surface area contributed by atoms with Gasteiger partial charge in [-0.1, -0.05) is 13.8 Å². The Morgan fingerprint density at radius 1 is 1.26 bits per heavy atom. The van der Waals surface area contributed by atoms with Gasteiger partial charge in [-0.15, -0.1) is 0 Å². The van der Waals surface area contributed by atoms with Crippen molar-refractivity contribution < 1.29 is 13.9 Å². The van der Waals surface area contributed by atoms with Crippen molar-refractivity contribution in [1.82, 2.24) is 5.32 Å². The van der Waals surface area contributed by atoms with Gasteiger partial charge in [0, 0.05) is 12.2 Å². The summed E-state index contributed by atoms with van der Waals surface area (Å²) >= 11 is 0. The lowest BCUT2D eigenvalue weighted by atomic mass is 10.2. The summed E-state index contributed by atoms with van der Waals surface area (Å²) in [6.07, 6.45) is 0. The maximum atomic E-state index is 5.70. The van der Waals surface area contributed by atoms with Crippen LogP contribution in [0.3, 0.4) is 0 Å². The van der Waals surface area contributed by atoms with E-state index < -0.39 is 0 Å². The predicted molar refractivity (Wildman–Crippen MR) is 76.1 cm³/mol. The van der Waals surface area contributed by atoms with Gasteiger partial charge in [-0.3, -0.25) is 0 Å². The molecule has 0 aliphatic heterocycles. The highest BCUT2D eigenvalue weighted by atomic mass is 16.5. The lowest BCUT2D eigenvalue weighted by Crippen LogP contribution is -2.18. The fourth-order valence-corrected chi connectivity index (χ4v) is 1.75. The molecule has 0 spiro atoms. The summed E-state index contributed by atoms with van der Waals surface area (Å²) in [5, 5.41) is 3.37. The van der Waals surface area contributed by atoms with Crippen LogP contribution in [0, 0.1) is 12.8 Å². The summed E-state index contributed by atoms with van der Waals surface area (Å²) in [7, 11) is 0. The van der Waals surface area contributed by atoms with Crippen LogP contribution < -0.4 is 5.32 Å². The van der Waals surface area contributed by atoms with Gasteiger partial charge in [0.1, 0.15) is 11.5 Å². The van der Waals surface area contributed by atoms with Crippen LogP contribution in [0.25, 0.3) is 0 Å². The van der Waals surface area contributed by atoms with Crippen LogP contribution in [-0.4, -0.2) is 26.4 Å². The van der Waals surface area contributed by atoms with Gasteiger partial charge in [-0.25, -0.2) is 0 Å². The highest BCUT2D eigenvalue weighted by Crippen LogP contribution is 2.15. The third-order valence-electron chi connectivity index (χ3n) is 2.76. The van der Waals surface area contributed by atoms with Crippen LogP contribution >= 0.6 is 0 Å². The first-order chi connectivity index (χ1) is 9.13. The molecule has 1 aromatic rings. The zero-order valence-corrected chi connectivity index (χ0v) is 12.6. The maximum absolute atomic E-state index is 5.70. The van der Waals surface area contributed by atoms with Crippen molar-refractivity contribution in [2.75, 3.05) is 26.4 Å². The Bertz CT molecular complexity index is 347. The molecule has 0 amide bonds. The number of aryl methyl sites for hydroxylation is 1. The van der Waals surface area contributed by atoms with Crippen LogP contribution in [-0.2, 0) is 22.6 Å². The second-order valence-corrected chi connectivity index (χ2v) is 5.07. The van der Waals surface area contributed by atoms with Gasteiger partial charge in [0.2, 0.25) is 0 Å². The van der Waals surface area contributed by atoms with Crippen LogP contribution in [0.5, 0.6) is 0 Å². The Balaban J connectivity index is 2.28. The lowest BCUT2D eigenvalue weighted by molar-refractivity contribution is 0.0449. The van der Waals surface area contributed by atoms with E-state index in [4.69, 9.17) is 13.9 Å². The van der Waals surface area contributed by atoms with Gasteiger partial charge in [0.05, 0.1) is 26.4 Å². The molecule has 0 radical (unpaired) electrons. The summed E-state index contributed by atoms with van der Waals surface area (Å²) in [6, 6.07) is 2.07. The molecule has 110 valence electrons. The third-order valence-corrected chi connectivity index (χ3v) is 2.76. The van der Waals surface area contributed by atoms with Gasteiger partial charge in [0.25, 0.3) is 0 Å². The normalized spacial score (nSPS) is 11.4. The highest BCUT2D eigenvalue weighted by molar-refractivity contribution is 5.19. The van der Waals surface area contributed by atoms with Crippen molar-refractivity contribution >= 4 is 0 Å². The first-order valence-electron chi connectivity index (χ1n) is 7.07. The van der Waals surface area contributed by atoms with E-state index >= 15 is 0 Å². The first kappa shape index (κ1) is 16.2. The van der Waals surface area contributed by atoms with E-state index in [1.165, 1.54) is 0 Å².